The topological polar surface area (TPSA) is 86.7 Å². The lowest BCUT2D eigenvalue weighted by molar-refractivity contribution is -0.109. The Morgan fingerprint density at radius 2 is 1.88 bits per heavy atom. The fourth-order valence-electron chi connectivity index (χ4n) is 3.26. The molecule has 1 atom stereocenters. The van der Waals surface area contributed by atoms with Crippen molar-refractivity contribution in [2.75, 3.05) is 18.4 Å². The number of hydrogen-bond donors (Lipinski definition) is 2. The molecule has 0 radical (unpaired) electrons. The van der Waals surface area contributed by atoms with Gasteiger partial charge in [-0.25, -0.2) is 30.4 Å². The molecule has 1 heterocycles. The predicted octanol–water partition coefficient (Wildman–Crippen LogP) is 3.47. The Bertz CT molecular complexity index is 1130. The maximum absolute atomic E-state index is 14.1. The van der Waals surface area contributed by atoms with E-state index in [1.807, 2.05) is 0 Å². The summed E-state index contributed by atoms with van der Waals surface area (Å²) in [6.07, 6.45) is -2.38. The lowest BCUT2D eigenvalue weighted by Crippen LogP contribution is -2.44. The highest BCUT2D eigenvalue weighted by atomic mass is 32.2. The van der Waals surface area contributed by atoms with E-state index in [2.05, 4.69) is 5.32 Å². The molecule has 0 aliphatic carbocycles. The van der Waals surface area contributed by atoms with Gasteiger partial charge in [-0.2, -0.15) is 4.31 Å². The summed E-state index contributed by atoms with van der Waals surface area (Å²) in [5.74, 6) is -6.97. The summed E-state index contributed by atoms with van der Waals surface area (Å²) < 4.78 is 94.6. The van der Waals surface area contributed by atoms with E-state index in [9.17, 15) is 40.3 Å². The monoisotopic (exact) mass is 478 g/mol. The van der Waals surface area contributed by atoms with E-state index < -0.39 is 57.7 Å². The van der Waals surface area contributed by atoms with Crippen molar-refractivity contribution in [1.29, 1.82) is 0 Å². The largest absolute Gasteiger partial charge is 0.387 e. The Balaban J connectivity index is 1.94. The number of benzene rings is 2. The lowest BCUT2D eigenvalue weighted by atomic mass is 10.1. The molecule has 1 aliphatic rings. The molecule has 3 rings (SSSR count). The smallest absolute Gasteiger partial charge is 0.286 e. The number of aliphatic hydroxyl groups excluding tert-OH is 1. The van der Waals surface area contributed by atoms with Gasteiger partial charge in [-0.05, 0) is 37.1 Å². The molecule has 174 valence electrons. The van der Waals surface area contributed by atoms with Crippen molar-refractivity contribution in [1.82, 2.24) is 4.31 Å². The fourth-order valence-corrected chi connectivity index (χ4v) is 4.98. The Kier molecular flexibility index (Phi) is 6.86. The highest BCUT2D eigenvalue weighted by Gasteiger charge is 2.45. The summed E-state index contributed by atoms with van der Waals surface area (Å²) in [5.41, 5.74) is -0.733. The fraction of sp³-hybridized carbons (Fsp3) is 0.350. The number of aliphatic hydroxyl groups is 1. The minimum Gasteiger partial charge on any atom is -0.387 e. The van der Waals surface area contributed by atoms with Crippen LogP contribution in [0, 0.1) is 11.6 Å². The number of carbonyl (C=O) groups is 1. The molecule has 2 N–H and O–H groups in total. The van der Waals surface area contributed by atoms with Crippen molar-refractivity contribution < 1.29 is 40.3 Å². The van der Waals surface area contributed by atoms with Crippen LogP contribution in [0.3, 0.4) is 0 Å². The molecule has 1 aliphatic heterocycles. The van der Waals surface area contributed by atoms with Crippen LogP contribution in [0.15, 0.2) is 41.3 Å². The summed E-state index contributed by atoms with van der Waals surface area (Å²) >= 11 is 0. The molecule has 1 fully saturated rings. The number of nitrogens with zero attached hydrogens (tertiary/aromatic N) is 1. The first-order valence-electron chi connectivity index (χ1n) is 9.47. The molecule has 1 unspecified atom stereocenters. The molecule has 32 heavy (non-hydrogen) atoms. The van der Waals surface area contributed by atoms with Crippen molar-refractivity contribution in [3.8, 4) is 0 Å². The van der Waals surface area contributed by atoms with Crippen molar-refractivity contribution in [2.45, 2.75) is 36.4 Å². The molecular weight excluding hydrogens is 459 g/mol. The number of hydrogen-bond acceptors (Lipinski definition) is 4. The third-order valence-corrected chi connectivity index (χ3v) is 6.96. The second kappa shape index (κ2) is 9.12. The first-order chi connectivity index (χ1) is 15.0. The van der Waals surface area contributed by atoms with Gasteiger partial charge in [0.15, 0.2) is 11.6 Å². The van der Waals surface area contributed by atoms with Gasteiger partial charge in [0.2, 0.25) is 10.0 Å². The first-order valence-corrected chi connectivity index (χ1v) is 10.9. The highest BCUT2D eigenvalue weighted by molar-refractivity contribution is 7.89. The van der Waals surface area contributed by atoms with Gasteiger partial charge in [0.05, 0.1) is 11.4 Å². The van der Waals surface area contributed by atoms with Crippen molar-refractivity contribution >= 4 is 21.6 Å². The molecule has 1 saturated heterocycles. The number of nitrogens with one attached hydrogen (secondary N) is 1. The first kappa shape index (κ1) is 24.1. The minimum atomic E-state index is -4.65. The van der Waals surface area contributed by atoms with E-state index in [1.54, 1.807) is 0 Å². The molecular formula is C20H19F5N2O4S. The summed E-state index contributed by atoms with van der Waals surface area (Å²) in [6.45, 7) is -2.87. The zero-order valence-corrected chi connectivity index (χ0v) is 17.3. The standard InChI is InChI=1S/C20H19F5N2O4S/c21-10-13-4-3-12(19(29)26-14-5-6-15(22)16(23)9-14)8-17(13)32(30,31)27-7-1-2-18(28)20(24,25)11-27/h3-6,8-9,18,28H,1-2,7,10-11H2,(H,26,29). The molecule has 12 heteroatoms. The van der Waals surface area contributed by atoms with Crippen molar-refractivity contribution in [3.05, 3.63) is 59.2 Å². The molecule has 0 spiro atoms. The zero-order chi connectivity index (χ0) is 23.7. The van der Waals surface area contributed by atoms with E-state index in [-0.39, 0.29) is 36.2 Å². The van der Waals surface area contributed by atoms with E-state index in [4.69, 9.17) is 0 Å². The summed E-state index contributed by atoms with van der Waals surface area (Å²) in [7, 11) is -4.65. The Morgan fingerprint density at radius 3 is 2.53 bits per heavy atom. The van der Waals surface area contributed by atoms with E-state index in [0.717, 1.165) is 30.3 Å². The third-order valence-electron chi connectivity index (χ3n) is 5.03. The Morgan fingerprint density at radius 1 is 1.16 bits per heavy atom. The van der Waals surface area contributed by atoms with E-state index in [0.29, 0.717) is 10.4 Å². The second-order valence-corrected chi connectivity index (χ2v) is 9.20. The molecule has 1 amide bonds. The number of anilines is 1. The number of amides is 1. The molecule has 2 aromatic rings. The van der Waals surface area contributed by atoms with Crippen LogP contribution in [0.2, 0.25) is 0 Å². The van der Waals surface area contributed by atoms with Crippen LogP contribution in [-0.4, -0.2) is 48.9 Å². The average Bonchev–Trinajstić information content (AvgIpc) is 2.88. The predicted molar refractivity (Wildman–Crippen MR) is 105 cm³/mol. The maximum Gasteiger partial charge on any atom is 0.286 e. The summed E-state index contributed by atoms with van der Waals surface area (Å²) in [6, 6.07) is 5.54. The Labute approximate surface area is 180 Å². The van der Waals surface area contributed by atoms with E-state index in [1.165, 1.54) is 0 Å². The average molecular weight is 478 g/mol. The van der Waals surface area contributed by atoms with Crippen molar-refractivity contribution in [3.63, 3.8) is 0 Å². The molecule has 0 saturated carbocycles. The van der Waals surface area contributed by atoms with Gasteiger partial charge in [0, 0.05) is 29.4 Å². The number of carbonyl (C=O) groups excluding carboxylic acids is 1. The zero-order valence-electron chi connectivity index (χ0n) is 16.5. The number of sulfonamides is 1. The Hall–Kier alpha value is -2.57. The molecule has 0 bridgehead atoms. The van der Waals surface area contributed by atoms with Gasteiger partial charge in [-0.1, -0.05) is 6.07 Å². The van der Waals surface area contributed by atoms with Gasteiger partial charge in [-0.15, -0.1) is 0 Å². The number of alkyl halides is 3. The number of halogens is 5. The van der Waals surface area contributed by atoms with Crippen LogP contribution in [0.5, 0.6) is 0 Å². The summed E-state index contributed by atoms with van der Waals surface area (Å²) in [4.78, 5) is 11.8. The van der Waals surface area contributed by atoms with Crippen LogP contribution in [-0.2, 0) is 16.7 Å². The van der Waals surface area contributed by atoms with Crippen LogP contribution in [0.1, 0.15) is 28.8 Å². The SMILES string of the molecule is O=C(Nc1ccc(F)c(F)c1)c1ccc(CF)c(S(=O)(=O)N2CCCC(O)C(F)(F)C2)c1. The van der Waals surface area contributed by atoms with Gasteiger partial charge in [0.1, 0.15) is 12.8 Å². The normalized spacial score (nSPS) is 19.4. The lowest BCUT2D eigenvalue weighted by Gasteiger charge is -2.26. The molecule has 2 aromatic carbocycles. The van der Waals surface area contributed by atoms with Crippen molar-refractivity contribution in [2.24, 2.45) is 0 Å². The maximum atomic E-state index is 14.1. The minimum absolute atomic E-state index is 0.0444. The van der Waals surface area contributed by atoms with Crippen LogP contribution < -0.4 is 5.32 Å². The van der Waals surface area contributed by atoms with Crippen LogP contribution in [0.4, 0.5) is 27.6 Å². The third kappa shape index (κ3) is 4.92. The van der Waals surface area contributed by atoms with Gasteiger partial charge < -0.3 is 10.4 Å². The van der Waals surface area contributed by atoms with Gasteiger partial charge in [-0.3, -0.25) is 4.79 Å². The highest BCUT2D eigenvalue weighted by Crippen LogP contribution is 2.31. The quantitative estimate of drug-likeness (QED) is 0.645. The van der Waals surface area contributed by atoms with Crippen LogP contribution in [0.25, 0.3) is 0 Å². The molecule has 0 aromatic heterocycles. The van der Waals surface area contributed by atoms with E-state index >= 15 is 0 Å². The summed E-state index contributed by atoms with van der Waals surface area (Å²) in [5, 5.41) is 11.8. The second-order valence-electron chi connectivity index (χ2n) is 7.30. The number of rotatable bonds is 5. The van der Waals surface area contributed by atoms with Gasteiger partial charge >= 0.3 is 0 Å². The van der Waals surface area contributed by atoms with Crippen LogP contribution >= 0.6 is 0 Å². The molecule has 6 nitrogen and oxygen atoms in total. The van der Waals surface area contributed by atoms with Gasteiger partial charge in [0.25, 0.3) is 11.8 Å².